The average Bonchev–Trinajstić information content (AvgIpc) is 3.15. The number of nitrogens with one attached hydrogen (secondary N) is 1. The Labute approximate surface area is 175 Å². The number of nitrogens with zero attached hydrogens (tertiary/aromatic N) is 5. The molecule has 6 nitrogen and oxygen atoms in total. The van der Waals surface area contributed by atoms with Gasteiger partial charge in [-0.1, -0.05) is 32.2 Å². The van der Waals surface area contributed by atoms with Crippen LogP contribution < -0.4 is 10.7 Å². The van der Waals surface area contributed by atoms with Gasteiger partial charge >= 0.3 is 0 Å². The third kappa shape index (κ3) is 7.75. The molecule has 0 fully saturated rings. The second-order valence-electron chi connectivity index (χ2n) is 7.20. The van der Waals surface area contributed by atoms with E-state index in [9.17, 15) is 0 Å². The highest BCUT2D eigenvalue weighted by molar-refractivity contribution is 5.96. The normalized spacial score (nSPS) is 18.2. The Kier molecular flexibility index (Phi) is 9.47. The standard InChI is InChI=1S/C23H36N6/c1-6-10-11-21-16-28(8-3)20-29(9-4)18-23-13-12-22(25-23)17-27(7-2)19-26(5)15-14-24-21/h6,9-13,17-18,25H,1,4,7-8,14-16,19-20H2,2-3,5H3/b11-10-,22-17?,23-18?,24-21?. The molecule has 0 atom stereocenters. The molecule has 158 valence electrons. The number of aromatic nitrogens is 1. The Morgan fingerprint density at radius 2 is 1.86 bits per heavy atom. The van der Waals surface area contributed by atoms with Crippen LogP contribution in [0.1, 0.15) is 13.8 Å². The van der Waals surface area contributed by atoms with Gasteiger partial charge < -0.3 is 14.8 Å². The molecule has 0 spiro atoms. The lowest BCUT2D eigenvalue weighted by Crippen LogP contribution is -2.37. The molecule has 0 saturated carbocycles. The zero-order valence-corrected chi connectivity index (χ0v) is 18.2. The van der Waals surface area contributed by atoms with Crippen LogP contribution in [0.15, 0.2) is 54.7 Å². The van der Waals surface area contributed by atoms with Crippen LogP contribution in [0.2, 0.25) is 0 Å². The first-order valence-electron chi connectivity index (χ1n) is 10.3. The largest absolute Gasteiger partial charge is 0.363 e. The minimum Gasteiger partial charge on any atom is -0.363 e. The molecule has 6 heteroatoms. The number of H-pyrrole nitrogens is 1. The van der Waals surface area contributed by atoms with Crippen molar-refractivity contribution in [2.75, 3.05) is 53.1 Å². The predicted molar refractivity (Wildman–Crippen MR) is 125 cm³/mol. The van der Waals surface area contributed by atoms with E-state index in [0.717, 1.165) is 62.5 Å². The minimum absolute atomic E-state index is 0.750. The van der Waals surface area contributed by atoms with Crippen molar-refractivity contribution in [1.29, 1.82) is 0 Å². The first kappa shape index (κ1) is 22.7. The van der Waals surface area contributed by atoms with E-state index in [1.165, 1.54) is 0 Å². The molecular weight excluding hydrogens is 360 g/mol. The highest BCUT2D eigenvalue weighted by Crippen LogP contribution is 2.00. The van der Waals surface area contributed by atoms with Gasteiger partial charge in [-0.05, 0) is 44.9 Å². The van der Waals surface area contributed by atoms with Crippen LogP contribution in [0.5, 0.6) is 0 Å². The first-order chi connectivity index (χ1) is 14.1. The molecule has 0 aromatic carbocycles. The first-order valence-corrected chi connectivity index (χ1v) is 10.3. The molecule has 0 unspecified atom stereocenters. The highest BCUT2D eigenvalue weighted by Gasteiger charge is 2.09. The molecule has 0 radical (unpaired) electrons. The summed E-state index contributed by atoms with van der Waals surface area (Å²) in [7, 11) is 2.14. The molecule has 1 aliphatic heterocycles. The number of likely N-dealkylation sites (N-methyl/N-ethyl adjacent to an activating group) is 1. The van der Waals surface area contributed by atoms with Crippen molar-refractivity contribution in [3.05, 3.63) is 60.4 Å². The molecule has 1 aromatic heterocycles. The van der Waals surface area contributed by atoms with Gasteiger partial charge in [0, 0.05) is 37.7 Å². The van der Waals surface area contributed by atoms with Crippen molar-refractivity contribution in [2.45, 2.75) is 13.8 Å². The van der Waals surface area contributed by atoms with Gasteiger partial charge in [-0.25, -0.2) is 0 Å². The number of fused-ring (bicyclic) bond motifs is 2. The van der Waals surface area contributed by atoms with Crippen LogP contribution >= 0.6 is 0 Å². The number of aromatic amines is 1. The van der Waals surface area contributed by atoms with E-state index >= 15 is 0 Å². The van der Waals surface area contributed by atoms with Gasteiger partial charge in [-0.15, -0.1) is 0 Å². The SMILES string of the molecule is C=C/C=C\C1=NCCN(C)CN(CC)C=c2ccc([nH]2)=CN(C=C)CN(CC)C1. The lowest BCUT2D eigenvalue weighted by Gasteiger charge is -2.27. The monoisotopic (exact) mass is 396 g/mol. The molecule has 2 bridgehead atoms. The summed E-state index contributed by atoms with van der Waals surface area (Å²) in [4.78, 5) is 17.4. The number of aliphatic imine (C=N–C) groups is 1. The maximum absolute atomic E-state index is 4.86. The van der Waals surface area contributed by atoms with E-state index in [4.69, 9.17) is 4.99 Å². The van der Waals surface area contributed by atoms with E-state index in [2.05, 4.69) is 89.2 Å². The van der Waals surface area contributed by atoms with Gasteiger partial charge in [0.15, 0.2) is 0 Å². The zero-order valence-electron chi connectivity index (χ0n) is 18.2. The molecule has 0 amide bonds. The number of allylic oxidation sites excluding steroid dienone is 2. The van der Waals surface area contributed by atoms with Crippen LogP contribution in [0.25, 0.3) is 12.4 Å². The summed E-state index contributed by atoms with van der Waals surface area (Å²) in [6, 6.07) is 4.22. The van der Waals surface area contributed by atoms with Crippen LogP contribution in [-0.2, 0) is 0 Å². The van der Waals surface area contributed by atoms with Crippen LogP contribution in [0.4, 0.5) is 0 Å². The van der Waals surface area contributed by atoms with Gasteiger partial charge in [0.2, 0.25) is 0 Å². The van der Waals surface area contributed by atoms with Gasteiger partial charge in [0.1, 0.15) is 0 Å². The second-order valence-corrected chi connectivity index (χ2v) is 7.20. The van der Waals surface area contributed by atoms with Crippen molar-refractivity contribution >= 4 is 18.1 Å². The summed E-state index contributed by atoms with van der Waals surface area (Å²) in [5, 5.41) is 2.16. The molecule has 1 aliphatic rings. The summed E-state index contributed by atoms with van der Waals surface area (Å²) in [6.07, 6.45) is 11.9. The van der Waals surface area contributed by atoms with Crippen LogP contribution in [-0.4, -0.2) is 83.4 Å². The van der Waals surface area contributed by atoms with Crippen molar-refractivity contribution in [3.8, 4) is 0 Å². The summed E-state index contributed by atoms with van der Waals surface area (Å²) in [6.45, 7) is 18.1. The minimum atomic E-state index is 0.750. The Morgan fingerprint density at radius 3 is 2.52 bits per heavy atom. The quantitative estimate of drug-likeness (QED) is 0.768. The number of hydrogen-bond donors (Lipinski definition) is 1. The molecule has 0 saturated heterocycles. The molecule has 1 aromatic rings. The van der Waals surface area contributed by atoms with Crippen molar-refractivity contribution in [2.24, 2.45) is 4.99 Å². The lowest BCUT2D eigenvalue weighted by atomic mass is 10.3. The fraction of sp³-hybridized carbons (Fsp3) is 0.435. The van der Waals surface area contributed by atoms with Crippen molar-refractivity contribution in [3.63, 3.8) is 0 Å². The van der Waals surface area contributed by atoms with Crippen LogP contribution in [0, 0.1) is 0 Å². The average molecular weight is 397 g/mol. The second kappa shape index (κ2) is 12.1. The Balaban J connectivity index is 2.38. The van der Waals surface area contributed by atoms with E-state index in [1.807, 2.05) is 12.3 Å². The molecule has 2 rings (SSSR count). The van der Waals surface area contributed by atoms with Crippen molar-refractivity contribution < 1.29 is 0 Å². The molecule has 29 heavy (non-hydrogen) atoms. The zero-order chi connectivity index (χ0) is 21.1. The maximum Gasteiger partial charge on any atom is 0.0748 e. The van der Waals surface area contributed by atoms with Gasteiger partial charge in [0.25, 0.3) is 0 Å². The van der Waals surface area contributed by atoms with E-state index < -0.39 is 0 Å². The Hall–Kier alpha value is -2.57. The number of hydrogen-bond acceptors (Lipinski definition) is 5. The Bertz CT molecular complexity index is 819. The molecular formula is C23H36N6. The summed E-state index contributed by atoms with van der Waals surface area (Å²) < 4.78 is 0. The topological polar surface area (TPSA) is 41.1 Å². The summed E-state index contributed by atoms with van der Waals surface area (Å²) in [5.41, 5.74) is 1.07. The highest BCUT2D eigenvalue weighted by atomic mass is 15.3. The summed E-state index contributed by atoms with van der Waals surface area (Å²) in [5.74, 6) is 0. The van der Waals surface area contributed by atoms with Gasteiger partial charge in [0.05, 0.1) is 30.6 Å². The smallest absolute Gasteiger partial charge is 0.0748 e. The fourth-order valence-electron chi connectivity index (χ4n) is 3.14. The van der Waals surface area contributed by atoms with E-state index in [-0.39, 0.29) is 0 Å². The number of rotatable bonds is 5. The van der Waals surface area contributed by atoms with Gasteiger partial charge in [-0.2, -0.15) is 0 Å². The molecule has 1 N–H and O–H groups in total. The summed E-state index contributed by atoms with van der Waals surface area (Å²) >= 11 is 0. The third-order valence-corrected chi connectivity index (χ3v) is 4.84. The maximum atomic E-state index is 4.86. The Morgan fingerprint density at radius 1 is 1.10 bits per heavy atom. The third-order valence-electron chi connectivity index (χ3n) is 4.84. The van der Waals surface area contributed by atoms with Gasteiger partial charge in [-0.3, -0.25) is 14.8 Å². The van der Waals surface area contributed by atoms with E-state index in [0.29, 0.717) is 0 Å². The molecule has 2 heterocycles. The predicted octanol–water partition coefficient (Wildman–Crippen LogP) is 1.62. The van der Waals surface area contributed by atoms with Crippen molar-refractivity contribution in [1.82, 2.24) is 24.6 Å². The van der Waals surface area contributed by atoms with Crippen LogP contribution in [0.3, 0.4) is 0 Å². The van der Waals surface area contributed by atoms with E-state index in [1.54, 1.807) is 6.08 Å². The lowest BCUT2D eigenvalue weighted by molar-refractivity contribution is 0.228. The molecule has 0 aliphatic carbocycles. The fourth-order valence-corrected chi connectivity index (χ4v) is 3.14.